The molecule has 4 nitrogen and oxygen atoms in total. The third-order valence-corrected chi connectivity index (χ3v) is 5.94. The minimum atomic E-state index is 0.402. The van der Waals surface area contributed by atoms with Gasteiger partial charge in [-0.2, -0.15) is 0 Å². The number of hydrogen-bond donors (Lipinski definition) is 0. The lowest BCUT2D eigenvalue weighted by atomic mass is 9.87. The van der Waals surface area contributed by atoms with Crippen LogP contribution in [0.3, 0.4) is 0 Å². The Hall–Kier alpha value is -2.88. The predicted octanol–water partition coefficient (Wildman–Crippen LogP) is 5.96. The van der Waals surface area contributed by atoms with Crippen molar-refractivity contribution in [3.8, 4) is 11.1 Å². The molecule has 3 aromatic rings. The van der Waals surface area contributed by atoms with Crippen molar-refractivity contribution in [3.05, 3.63) is 65.5 Å². The number of anilines is 2. The zero-order chi connectivity index (χ0) is 20.4. The first-order valence-corrected chi connectivity index (χ1v) is 10.3. The molecule has 0 bridgehead atoms. The number of carbonyl (C=O) groups excluding carboxylic acids is 1. The largest absolute Gasteiger partial charge is 0.361 e. The minimum Gasteiger partial charge on any atom is -0.361 e. The molecule has 0 amide bonds. The number of rotatable bonds is 5. The van der Waals surface area contributed by atoms with Crippen molar-refractivity contribution in [2.45, 2.75) is 46.5 Å². The van der Waals surface area contributed by atoms with Crippen LogP contribution in [0.15, 0.2) is 47.0 Å². The Balaban J connectivity index is 1.74. The lowest BCUT2D eigenvalue weighted by Gasteiger charge is -2.32. The van der Waals surface area contributed by atoms with Crippen LogP contribution in [0.25, 0.3) is 11.1 Å². The molecule has 29 heavy (non-hydrogen) atoms. The van der Waals surface area contributed by atoms with E-state index in [-0.39, 0.29) is 0 Å². The number of hydrogen-bond acceptors (Lipinski definition) is 4. The summed E-state index contributed by atoms with van der Waals surface area (Å²) in [5.74, 6) is 1.75. The molecule has 1 aliphatic rings. The molecule has 0 atom stereocenters. The fraction of sp³-hybridized carbons (Fsp3) is 0.360. The molecule has 1 heterocycles. The fourth-order valence-corrected chi connectivity index (χ4v) is 4.29. The van der Waals surface area contributed by atoms with Crippen molar-refractivity contribution in [1.29, 1.82) is 0 Å². The van der Waals surface area contributed by atoms with Crippen LogP contribution in [0, 0.1) is 32.8 Å². The first kappa shape index (κ1) is 19.4. The highest BCUT2D eigenvalue weighted by molar-refractivity contribution is 5.79. The molecule has 1 aromatic heterocycles. The molecular formula is C25H27N2O2. The molecule has 0 aliphatic heterocycles. The highest BCUT2D eigenvalue weighted by atomic mass is 16.5. The third-order valence-electron chi connectivity index (χ3n) is 5.94. The normalized spacial score (nSPS) is 14.9. The van der Waals surface area contributed by atoms with Gasteiger partial charge in [-0.05, 0) is 74.9 Å². The monoisotopic (exact) mass is 387 g/mol. The van der Waals surface area contributed by atoms with Crippen LogP contribution < -0.4 is 4.90 Å². The number of Topliss-reactive ketones (excluding diaryl/α,β-unsaturated/α-hetero) is 1. The number of aromatic nitrogens is 1. The van der Waals surface area contributed by atoms with Crippen molar-refractivity contribution < 1.29 is 9.32 Å². The Morgan fingerprint density at radius 2 is 1.83 bits per heavy atom. The number of nitrogens with zero attached hydrogens (tertiary/aromatic N) is 2. The summed E-state index contributed by atoms with van der Waals surface area (Å²) in [5, 5.41) is 4.12. The summed E-state index contributed by atoms with van der Waals surface area (Å²) < 4.78 is 5.40. The Morgan fingerprint density at radius 3 is 2.48 bits per heavy atom. The number of aryl methyl sites for hydroxylation is 3. The van der Waals surface area contributed by atoms with Crippen LogP contribution in [0.2, 0.25) is 0 Å². The van der Waals surface area contributed by atoms with E-state index in [9.17, 15) is 4.79 Å². The maximum Gasteiger partial charge on any atom is 0.141 e. The van der Waals surface area contributed by atoms with Gasteiger partial charge < -0.3 is 9.42 Å². The molecule has 0 unspecified atom stereocenters. The molecule has 2 aromatic carbocycles. The van der Waals surface area contributed by atoms with Gasteiger partial charge in [0, 0.05) is 36.3 Å². The first-order valence-electron chi connectivity index (χ1n) is 10.3. The third kappa shape index (κ3) is 4.12. The Morgan fingerprint density at radius 1 is 1.10 bits per heavy atom. The molecule has 1 fully saturated rings. The first-order chi connectivity index (χ1) is 14.0. The smallest absolute Gasteiger partial charge is 0.141 e. The second kappa shape index (κ2) is 8.24. The van der Waals surface area contributed by atoms with Gasteiger partial charge in [0.25, 0.3) is 0 Å². The van der Waals surface area contributed by atoms with Gasteiger partial charge in [-0.1, -0.05) is 29.4 Å². The SMILES string of the molecule is Cc1ccc(-c2c(C)noc2C)cc1N(CC1CCC(=O)CC1)c1cc[c]cc1. The van der Waals surface area contributed by atoms with E-state index in [1.54, 1.807) is 0 Å². The minimum absolute atomic E-state index is 0.402. The van der Waals surface area contributed by atoms with E-state index >= 15 is 0 Å². The van der Waals surface area contributed by atoms with Gasteiger partial charge >= 0.3 is 0 Å². The highest BCUT2D eigenvalue weighted by Gasteiger charge is 2.23. The van der Waals surface area contributed by atoms with E-state index in [1.807, 2.05) is 26.0 Å². The molecule has 4 rings (SSSR count). The van der Waals surface area contributed by atoms with Crippen molar-refractivity contribution >= 4 is 17.2 Å². The van der Waals surface area contributed by atoms with E-state index in [0.29, 0.717) is 24.5 Å². The lowest BCUT2D eigenvalue weighted by molar-refractivity contribution is -0.120. The summed E-state index contributed by atoms with van der Waals surface area (Å²) >= 11 is 0. The maximum atomic E-state index is 11.7. The van der Waals surface area contributed by atoms with Gasteiger partial charge in [0.1, 0.15) is 11.5 Å². The quantitative estimate of drug-likeness (QED) is 0.541. The van der Waals surface area contributed by atoms with Crippen LogP contribution in [-0.4, -0.2) is 17.5 Å². The average molecular weight is 388 g/mol. The van der Waals surface area contributed by atoms with Crippen molar-refractivity contribution in [2.24, 2.45) is 5.92 Å². The topological polar surface area (TPSA) is 46.3 Å². The van der Waals surface area contributed by atoms with E-state index in [0.717, 1.165) is 47.7 Å². The highest BCUT2D eigenvalue weighted by Crippen LogP contribution is 2.36. The summed E-state index contributed by atoms with van der Waals surface area (Å²) in [5.41, 5.74) is 6.65. The molecule has 149 valence electrons. The maximum absolute atomic E-state index is 11.7. The van der Waals surface area contributed by atoms with Gasteiger partial charge in [-0.3, -0.25) is 4.79 Å². The standard InChI is InChI=1S/C25H27N2O2/c1-17-9-12-21(25-18(2)26-29-19(25)3)15-24(17)27(22-7-5-4-6-8-22)16-20-10-13-23(28)14-11-20/h5-9,12,15,20H,10-11,13-14,16H2,1-3H3. The second-order valence-electron chi connectivity index (χ2n) is 8.05. The van der Waals surface area contributed by atoms with E-state index in [4.69, 9.17) is 4.52 Å². The van der Waals surface area contributed by atoms with Gasteiger partial charge in [0.15, 0.2) is 0 Å². The van der Waals surface area contributed by atoms with Crippen LogP contribution in [0.1, 0.15) is 42.7 Å². The summed E-state index contributed by atoms with van der Waals surface area (Å²) in [6.45, 7) is 7.00. The second-order valence-corrected chi connectivity index (χ2v) is 8.05. The molecule has 1 radical (unpaired) electrons. The predicted molar refractivity (Wildman–Crippen MR) is 115 cm³/mol. The zero-order valence-electron chi connectivity index (χ0n) is 17.4. The molecule has 1 saturated carbocycles. The van der Waals surface area contributed by atoms with Crippen LogP contribution in [0.4, 0.5) is 11.4 Å². The number of ketones is 1. The molecular weight excluding hydrogens is 360 g/mol. The molecule has 0 N–H and O–H groups in total. The van der Waals surface area contributed by atoms with Crippen LogP contribution >= 0.6 is 0 Å². The Bertz CT molecular complexity index is 977. The van der Waals surface area contributed by atoms with Gasteiger partial charge in [-0.15, -0.1) is 0 Å². The number of carbonyl (C=O) groups is 1. The van der Waals surface area contributed by atoms with Crippen molar-refractivity contribution in [3.63, 3.8) is 0 Å². The summed E-state index contributed by atoms with van der Waals surface area (Å²) in [7, 11) is 0. The number of benzene rings is 2. The van der Waals surface area contributed by atoms with Gasteiger partial charge in [0.05, 0.1) is 5.69 Å². The summed E-state index contributed by atoms with van der Waals surface area (Å²) in [6.07, 6.45) is 3.35. The molecule has 0 saturated heterocycles. The molecule has 4 heteroatoms. The Kier molecular flexibility index (Phi) is 5.52. The average Bonchev–Trinajstić information content (AvgIpc) is 3.07. The van der Waals surface area contributed by atoms with E-state index in [1.165, 1.54) is 11.3 Å². The van der Waals surface area contributed by atoms with Crippen molar-refractivity contribution in [1.82, 2.24) is 5.16 Å². The summed E-state index contributed by atoms with van der Waals surface area (Å²) in [4.78, 5) is 14.1. The van der Waals surface area contributed by atoms with E-state index < -0.39 is 0 Å². The zero-order valence-corrected chi connectivity index (χ0v) is 17.4. The van der Waals surface area contributed by atoms with Gasteiger partial charge in [0.2, 0.25) is 0 Å². The lowest BCUT2D eigenvalue weighted by Crippen LogP contribution is -2.28. The molecule has 1 aliphatic carbocycles. The summed E-state index contributed by atoms with van der Waals surface area (Å²) in [6, 6.07) is 17.8. The van der Waals surface area contributed by atoms with Gasteiger partial charge in [-0.25, -0.2) is 0 Å². The Labute approximate surface area is 172 Å². The fourth-order valence-electron chi connectivity index (χ4n) is 4.29. The van der Waals surface area contributed by atoms with Crippen LogP contribution in [0.5, 0.6) is 0 Å². The molecule has 0 spiro atoms. The van der Waals surface area contributed by atoms with E-state index in [2.05, 4.69) is 53.4 Å². The van der Waals surface area contributed by atoms with Crippen LogP contribution in [-0.2, 0) is 4.79 Å². The van der Waals surface area contributed by atoms with Crippen molar-refractivity contribution in [2.75, 3.05) is 11.4 Å².